The number of carbonyl (C=O) groups is 1. The molecule has 1 nitrogen and oxygen atoms in total. The van der Waals surface area contributed by atoms with Gasteiger partial charge >= 0.3 is 0 Å². The first-order chi connectivity index (χ1) is 11.7. The van der Waals surface area contributed by atoms with Gasteiger partial charge in [-0.1, -0.05) is 92.7 Å². The first kappa shape index (κ1) is 16.2. The van der Waals surface area contributed by atoms with E-state index >= 15 is 0 Å². The fourth-order valence-electron chi connectivity index (χ4n) is 3.09. The topological polar surface area (TPSA) is 17.1 Å². The molecule has 0 heterocycles. The zero-order valence-corrected chi connectivity index (χ0v) is 14.2. The lowest BCUT2D eigenvalue weighted by Crippen LogP contribution is -2.07. The quantitative estimate of drug-likeness (QED) is 0.545. The molecule has 3 aromatic rings. The summed E-state index contributed by atoms with van der Waals surface area (Å²) < 4.78 is 0. The standard InChI is InChI=1S/C23H22O/c1-17(2)16-20-14-9-15-21(22(20)18-10-5-3-6-11-18)23(24)19-12-7-4-8-13-19/h3-15,17H,16H2,1-2H3. The van der Waals surface area contributed by atoms with Crippen LogP contribution in [0.5, 0.6) is 0 Å². The number of rotatable bonds is 5. The molecule has 0 N–H and O–H groups in total. The molecule has 0 aliphatic heterocycles. The van der Waals surface area contributed by atoms with Crippen molar-refractivity contribution in [3.8, 4) is 11.1 Å². The van der Waals surface area contributed by atoms with Gasteiger partial charge in [0, 0.05) is 11.1 Å². The predicted molar refractivity (Wildman–Crippen MR) is 100 cm³/mol. The molecule has 0 atom stereocenters. The van der Waals surface area contributed by atoms with Crippen LogP contribution in [0.4, 0.5) is 0 Å². The van der Waals surface area contributed by atoms with E-state index in [-0.39, 0.29) is 5.78 Å². The van der Waals surface area contributed by atoms with Crippen molar-refractivity contribution in [2.45, 2.75) is 20.3 Å². The van der Waals surface area contributed by atoms with Gasteiger partial charge in [-0.05, 0) is 29.0 Å². The molecule has 0 unspecified atom stereocenters. The molecule has 0 aliphatic rings. The third kappa shape index (κ3) is 3.46. The van der Waals surface area contributed by atoms with Crippen LogP contribution < -0.4 is 0 Å². The third-order valence-corrected chi connectivity index (χ3v) is 4.12. The minimum atomic E-state index is 0.0834. The van der Waals surface area contributed by atoms with Crippen molar-refractivity contribution in [3.05, 3.63) is 95.6 Å². The highest BCUT2D eigenvalue weighted by Gasteiger charge is 2.18. The molecule has 0 aromatic heterocycles. The van der Waals surface area contributed by atoms with Crippen LogP contribution in [0.25, 0.3) is 11.1 Å². The normalized spacial score (nSPS) is 10.8. The highest BCUT2D eigenvalue weighted by molar-refractivity contribution is 6.13. The van der Waals surface area contributed by atoms with Crippen LogP contribution in [-0.2, 0) is 6.42 Å². The molecule has 0 bridgehead atoms. The molecule has 120 valence electrons. The van der Waals surface area contributed by atoms with Crippen LogP contribution >= 0.6 is 0 Å². The number of benzene rings is 3. The van der Waals surface area contributed by atoms with Crippen molar-refractivity contribution in [2.75, 3.05) is 0 Å². The maximum Gasteiger partial charge on any atom is 0.193 e. The third-order valence-electron chi connectivity index (χ3n) is 4.12. The van der Waals surface area contributed by atoms with E-state index in [9.17, 15) is 4.79 Å². The highest BCUT2D eigenvalue weighted by atomic mass is 16.1. The lowest BCUT2D eigenvalue weighted by Gasteiger charge is -2.16. The van der Waals surface area contributed by atoms with E-state index < -0.39 is 0 Å². The molecular formula is C23H22O. The Bertz CT molecular complexity index is 817. The van der Waals surface area contributed by atoms with Gasteiger partial charge in [0.05, 0.1) is 0 Å². The van der Waals surface area contributed by atoms with Crippen LogP contribution in [-0.4, -0.2) is 5.78 Å². The average molecular weight is 314 g/mol. The Morgan fingerprint density at radius 2 is 1.42 bits per heavy atom. The summed E-state index contributed by atoms with van der Waals surface area (Å²) >= 11 is 0. The monoisotopic (exact) mass is 314 g/mol. The maximum absolute atomic E-state index is 13.1. The van der Waals surface area contributed by atoms with E-state index in [1.165, 1.54) is 5.56 Å². The molecule has 3 rings (SSSR count). The van der Waals surface area contributed by atoms with Crippen molar-refractivity contribution in [1.82, 2.24) is 0 Å². The van der Waals surface area contributed by atoms with Gasteiger partial charge in [0.1, 0.15) is 0 Å². The van der Waals surface area contributed by atoms with E-state index in [1.54, 1.807) is 0 Å². The van der Waals surface area contributed by atoms with Gasteiger partial charge in [0.2, 0.25) is 0 Å². The van der Waals surface area contributed by atoms with Crippen LogP contribution in [0.2, 0.25) is 0 Å². The lowest BCUT2D eigenvalue weighted by molar-refractivity contribution is 0.103. The second-order valence-corrected chi connectivity index (χ2v) is 6.50. The van der Waals surface area contributed by atoms with Crippen molar-refractivity contribution >= 4 is 5.78 Å². The Labute approximate surface area is 144 Å². The Morgan fingerprint density at radius 3 is 2.04 bits per heavy atom. The smallest absolute Gasteiger partial charge is 0.193 e. The second-order valence-electron chi connectivity index (χ2n) is 6.50. The second kappa shape index (κ2) is 7.27. The van der Waals surface area contributed by atoms with Crippen LogP contribution in [0.15, 0.2) is 78.9 Å². The molecule has 0 fully saturated rings. The maximum atomic E-state index is 13.1. The van der Waals surface area contributed by atoms with Crippen molar-refractivity contribution in [3.63, 3.8) is 0 Å². The lowest BCUT2D eigenvalue weighted by atomic mass is 9.87. The van der Waals surface area contributed by atoms with Gasteiger partial charge in [-0.15, -0.1) is 0 Å². The summed E-state index contributed by atoms with van der Waals surface area (Å²) in [6.07, 6.45) is 0.958. The summed E-state index contributed by atoms with van der Waals surface area (Å²) in [5, 5.41) is 0. The molecule has 1 heteroatoms. The van der Waals surface area contributed by atoms with E-state index in [0.717, 1.165) is 28.7 Å². The number of carbonyl (C=O) groups excluding carboxylic acids is 1. The highest BCUT2D eigenvalue weighted by Crippen LogP contribution is 2.31. The van der Waals surface area contributed by atoms with Crippen molar-refractivity contribution < 1.29 is 4.79 Å². The van der Waals surface area contributed by atoms with Gasteiger partial charge in [0.25, 0.3) is 0 Å². The Balaban J connectivity index is 2.17. The minimum absolute atomic E-state index is 0.0834. The van der Waals surface area contributed by atoms with Gasteiger partial charge in [-0.25, -0.2) is 0 Å². The van der Waals surface area contributed by atoms with Gasteiger partial charge < -0.3 is 0 Å². The Kier molecular flexibility index (Phi) is 4.90. The number of hydrogen-bond donors (Lipinski definition) is 0. The summed E-state index contributed by atoms with van der Waals surface area (Å²) in [7, 11) is 0. The molecule has 24 heavy (non-hydrogen) atoms. The first-order valence-electron chi connectivity index (χ1n) is 8.44. The first-order valence-corrected chi connectivity index (χ1v) is 8.44. The zero-order valence-electron chi connectivity index (χ0n) is 14.2. The summed E-state index contributed by atoms with van der Waals surface area (Å²) in [6.45, 7) is 4.42. The fraction of sp³-hybridized carbons (Fsp3) is 0.174. The zero-order chi connectivity index (χ0) is 16.9. The molecular weight excluding hydrogens is 292 g/mol. The largest absolute Gasteiger partial charge is 0.289 e. The van der Waals surface area contributed by atoms with Gasteiger partial charge in [-0.2, -0.15) is 0 Å². The van der Waals surface area contributed by atoms with E-state index in [4.69, 9.17) is 0 Å². The van der Waals surface area contributed by atoms with E-state index in [0.29, 0.717) is 5.92 Å². The van der Waals surface area contributed by atoms with Gasteiger partial charge in [0.15, 0.2) is 5.78 Å². The molecule has 3 aromatic carbocycles. The molecule has 0 saturated carbocycles. The minimum Gasteiger partial charge on any atom is -0.289 e. The Morgan fingerprint density at radius 1 is 0.792 bits per heavy atom. The summed E-state index contributed by atoms with van der Waals surface area (Å²) in [6, 6.07) is 25.8. The average Bonchev–Trinajstić information content (AvgIpc) is 2.62. The summed E-state index contributed by atoms with van der Waals surface area (Å²) in [5.74, 6) is 0.620. The molecule has 0 spiro atoms. The Hall–Kier alpha value is -2.67. The predicted octanol–water partition coefficient (Wildman–Crippen LogP) is 5.78. The number of hydrogen-bond acceptors (Lipinski definition) is 1. The SMILES string of the molecule is CC(C)Cc1cccc(C(=O)c2ccccc2)c1-c1ccccc1. The molecule has 0 saturated heterocycles. The fourth-order valence-corrected chi connectivity index (χ4v) is 3.09. The summed E-state index contributed by atoms with van der Waals surface area (Å²) in [5.41, 5.74) is 4.92. The van der Waals surface area contributed by atoms with Crippen molar-refractivity contribution in [2.24, 2.45) is 5.92 Å². The van der Waals surface area contributed by atoms with E-state index in [1.807, 2.05) is 60.7 Å². The van der Waals surface area contributed by atoms with Crippen molar-refractivity contribution in [1.29, 1.82) is 0 Å². The van der Waals surface area contributed by atoms with Crippen LogP contribution in [0, 0.1) is 5.92 Å². The molecule has 0 aliphatic carbocycles. The number of ketones is 1. The van der Waals surface area contributed by atoms with Crippen LogP contribution in [0.3, 0.4) is 0 Å². The molecule has 0 radical (unpaired) electrons. The van der Waals surface area contributed by atoms with E-state index in [2.05, 4.69) is 32.0 Å². The summed E-state index contributed by atoms with van der Waals surface area (Å²) in [4.78, 5) is 13.1. The molecule has 0 amide bonds. The van der Waals surface area contributed by atoms with Crippen LogP contribution in [0.1, 0.15) is 35.3 Å². The van der Waals surface area contributed by atoms with Gasteiger partial charge in [-0.3, -0.25) is 4.79 Å².